The largest absolute Gasteiger partial charge is 0.357 e. The standard InChI is InChI=1S/C16H10Cl2F2N2OS/c17-11-4-3-5-12(18)10(11)9-24-16(19,20)15(23)13-8-21-14-6-1-2-7-22(13)14/h1-8H,9H2. The van der Waals surface area contributed by atoms with E-state index in [1.807, 2.05) is 0 Å². The molecule has 0 bridgehead atoms. The minimum Gasteiger partial charge on any atom is -0.297 e. The third-order valence-corrected chi connectivity index (χ3v) is 5.06. The van der Waals surface area contributed by atoms with Crippen LogP contribution in [0.25, 0.3) is 5.65 Å². The van der Waals surface area contributed by atoms with Gasteiger partial charge in [0.2, 0.25) is 0 Å². The predicted octanol–water partition coefficient (Wildman–Crippen LogP) is 5.35. The number of rotatable bonds is 5. The van der Waals surface area contributed by atoms with Crippen molar-refractivity contribution >= 4 is 46.4 Å². The molecule has 2 aromatic heterocycles. The van der Waals surface area contributed by atoms with Crippen molar-refractivity contribution in [3.8, 4) is 0 Å². The smallest absolute Gasteiger partial charge is 0.297 e. The summed E-state index contributed by atoms with van der Waals surface area (Å²) in [7, 11) is 0. The van der Waals surface area contributed by atoms with Crippen molar-refractivity contribution in [1.82, 2.24) is 9.38 Å². The minimum atomic E-state index is -3.63. The normalized spacial score (nSPS) is 11.8. The number of nitrogens with zero attached hydrogens (tertiary/aromatic N) is 2. The SMILES string of the molecule is O=C(c1cnc2ccccn12)C(F)(F)SCc1c(Cl)cccc1Cl. The molecule has 0 saturated carbocycles. The number of imidazole rings is 1. The molecule has 24 heavy (non-hydrogen) atoms. The Hall–Kier alpha value is -1.63. The van der Waals surface area contributed by atoms with Crippen molar-refractivity contribution in [2.75, 3.05) is 0 Å². The van der Waals surface area contributed by atoms with E-state index >= 15 is 0 Å². The maximum atomic E-state index is 14.3. The highest BCUT2D eigenvalue weighted by atomic mass is 35.5. The van der Waals surface area contributed by atoms with E-state index in [1.165, 1.54) is 10.6 Å². The van der Waals surface area contributed by atoms with Gasteiger partial charge in [0, 0.05) is 22.0 Å². The molecule has 2 heterocycles. The number of carbonyl (C=O) groups is 1. The second-order valence-electron chi connectivity index (χ2n) is 4.91. The predicted molar refractivity (Wildman–Crippen MR) is 92.2 cm³/mol. The highest BCUT2D eigenvalue weighted by Gasteiger charge is 2.41. The zero-order valence-electron chi connectivity index (χ0n) is 12.0. The summed E-state index contributed by atoms with van der Waals surface area (Å²) in [6, 6.07) is 9.73. The summed E-state index contributed by atoms with van der Waals surface area (Å²) in [4.78, 5) is 16.2. The molecule has 0 N–H and O–H groups in total. The van der Waals surface area contributed by atoms with E-state index in [0.29, 0.717) is 11.2 Å². The van der Waals surface area contributed by atoms with Crippen molar-refractivity contribution in [2.45, 2.75) is 11.0 Å². The van der Waals surface area contributed by atoms with Gasteiger partial charge in [0.1, 0.15) is 11.3 Å². The maximum Gasteiger partial charge on any atom is 0.357 e. The number of hydrogen-bond donors (Lipinski definition) is 0. The lowest BCUT2D eigenvalue weighted by atomic mass is 10.2. The molecule has 0 aliphatic carbocycles. The van der Waals surface area contributed by atoms with Crippen LogP contribution in [0, 0.1) is 0 Å². The molecule has 124 valence electrons. The molecule has 0 aliphatic heterocycles. The Morgan fingerprint density at radius 1 is 1.17 bits per heavy atom. The lowest BCUT2D eigenvalue weighted by Gasteiger charge is -2.15. The molecule has 0 fully saturated rings. The Morgan fingerprint density at radius 3 is 2.58 bits per heavy atom. The van der Waals surface area contributed by atoms with Crippen molar-refractivity contribution in [3.63, 3.8) is 0 Å². The first-order valence-corrected chi connectivity index (χ1v) is 8.56. The maximum absolute atomic E-state index is 14.3. The number of halogens is 4. The Morgan fingerprint density at radius 2 is 1.88 bits per heavy atom. The summed E-state index contributed by atoms with van der Waals surface area (Å²) >= 11 is 12.1. The second kappa shape index (κ2) is 6.70. The van der Waals surface area contributed by atoms with Crippen LogP contribution in [-0.2, 0) is 5.75 Å². The highest BCUT2D eigenvalue weighted by Crippen LogP contribution is 2.38. The van der Waals surface area contributed by atoms with Crippen LogP contribution >= 0.6 is 35.0 Å². The first kappa shape index (κ1) is 17.2. The summed E-state index contributed by atoms with van der Waals surface area (Å²) in [5.74, 6) is -1.50. The zero-order valence-corrected chi connectivity index (χ0v) is 14.4. The van der Waals surface area contributed by atoms with Crippen molar-refractivity contribution in [1.29, 1.82) is 0 Å². The first-order chi connectivity index (χ1) is 11.4. The third-order valence-electron chi connectivity index (χ3n) is 3.37. The highest BCUT2D eigenvalue weighted by molar-refractivity contribution is 8.00. The first-order valence-electron chi connectivity index (χ1n) is 6.81. The van der Waals surface area contributed by atoms with Crippen LogP contribution in [0.1, 0.15) is 16.1 Å². The van der Waals surface area contributed by atoms with Crippen LogP contribution in [0.15, 0.2) is 48.8 Å². The number of hydrogen-bond acceptors (Lipinski definition) is 3. The van der Waals surface area contributed by atoms with Crippen LogP contribution in [0.2, 0.25) is 10.0 Å². The van der Waals surface area contributed by atoms with Gasteiger partial charge in [0.05, 0.1) is 6.20 Å². The van der Waals surface area contributed by atoms with Crippen LogP contribution in [0.5, 0.6) is 0 Å². The van der Waals surface area contributed by atoms with Gasteiger partial charge in [-0.2, -0.15) is 8.78 Å². The Bertz CT molecular complexity index is 894. The lowest BCUT2D eigenvalue weighted by molar-refractivity contribution is 0.0560. The molecular weight excluding hydrogens is 377 g/mol. The number of alkyl halides is 2. The third kappa shape index (κ3) is 3.27. The quantitative estimate of drug-likeness (QED) is 0.554. The molecule has 0 saturated heterocycles. The Kier molecular flexibility index (Phi) is 4.80. The molecule has 0 spiro atoms. The molecule has 0 aliphatic rings. The van der Waals surface area contributed by atoms with Crippen molar-refractivity contribution in [3.05, 3.63) is 70.1 Å². The van der Waals surface area contributed by atoms with E-state index in [1.54, 1.807) is 36.4 Å². The molecular formula is C16H10Cl2F2N2OS. The van der Waals surface area contributed by atoms with Gasteiger partial charge in [0.15, 0.2) is 0 Å². The average molecular weight is 387 g/mol. The Balaban J connectivity index is 1.83. The fourth-order valence-electron chi connectivity index (χ4n) is 2.15. The van der Waals surface area contributed by atoms with Crippen LogP contribution < -0.4 is 0 Å². The fraction of sp³-hybridized carbons (Fsp3) is 0.125. The topological polar surface area (TPSA) is 34.4 Å². The van der Waals surface area contributed by atoms with Gasteiger partial charge in [-0.15, -0.1) is 0 Å². The Labute approximate surface area is 150 Å². The number of pyridine rings is 1. The lowest BCUT2D eigenvalue weighted by Crippen LogP contribution is -2.26. The van der Waals surface area contributed by atoms with Gasteiger partial charge in [0.25, 0.3) is 5.78 Å². The van der Waals surface area contributed by atoms with E-state index < -0.39 is 11.0 Å². The van der Waals surface area contributed by atoms with E-state index in [-0.39, 0.29) is 33.3 Å². The van der Waals surface area contributed by atoms with Gasteiger partial charge in [-0.05, 0) is 29.8 Å². The van der Waals surface area contributed by atoms with Gasteiger partial charge in [-0.1, -0.05) is 47.1 Å². The van der Waals surface area contributed by atoms with E-state index in [2.05, 4.69) is 4.98 Å². The van der Waals surface area contributed by atoms with E-state index in [9.17, 15) is 13.6 Å². The van der Waals surface area contributed by atoms with Crippen molar-refractivity contribution in [2.24, 2.45) is 0 Å². The monoisotopic (exact) mass is 386 g/mol. The summed E-state index contributed by atoms with van der Waals surface area (Å²) < 4.78 is 30.0. The number of fused-ring (bicyclic) bond motifs is 1. The number of thioether (sulfide) groups is 1. The summed E-state index contributed by atoms with van der Waals surface area (Å²) in [5.41, 5.74) is 0.626. The van der Waals surface area contributed by atoms with E-state index in [0.717, 1.165) is 6.20 Å². The molecule has 3 rings (SSSR count). The summed E-state index contributed by atoms with van der Waals surface area (Å²) in [6.07, 6.45) is 2.66. The number of ketones is 1. The molecule has 0 unspecified atom stereocenters. The molecule has 3 aromatic rings. The van der Waals surface area contributed by atoms with E-state index in [4.69, 9.17) is 23.2 Å². The molecule has 8 heteroatoms. The van der Waals surface area contributed by atoms with Gasteiger partial charge >= 0.3 is 5.25 Å². The second-order valence-corrected chi connectivity index (χ2v) is 6.81. The average Bonchev–Trinajstić information content (AvgIpc) is 2.97. The summed E-state index contributed by atoms with van der Waals surface area (Å²) in [6.45, 7) is 0. The van der Waals surface area contributed by atoms with Gasteiger partial charge < -0.3 is 0 Å². The fourth-order valence-corrected chi connectivity index (χ4v) is 3.71. The number of Topliss-reactive ketones (excluding diaryl/α,β-unsaturated/α-hetero) is 1. The molecule has 0 amide bonds. The number of benzene rings is 1. The summed E-state index contributed by atoms with van der Waals surface area (Å²) in [5, 5.41) is -3.06. The van der Waals surface area contributed by atoms with Crippen LogP contribution in [0.4, 0.5) is 8.78 Å². The number of aromatic nitrogens is 2. The molecule has 1 aromatic carbocycles. The van der Waals surface area contributed by atoms with Gasteiger partial charge in [-0.3, -0.25) is 9.20 Å². The minimum absolute atomic E-state index is 0.173. The zero-order chi connectivity index (χ0) is 17.3. The van der Waals surface area contributed by atoms with Crippen LogP contribution in [-0.4, -0.2) is 20.4 Å². The molecule has 0 radical (unpaired) electrons. The van der Waals surface area contributed by atoms with Crippen molar-refractivity contribution < 1.29 is 13.6 Å². The number of carbonyl (C=O) groups excluding carboxylic acids is 1. The van der Waals surface area contributed by atoms with Gasteiger partial charge in [-0.25, -0.2) is 4.98 Å². The van der Waals surface area contributed by atoms with Crippen LogP contribution in [0.3, 0.4) is 0 Å². The molecule has 0 atom stereocenters. The molecule has 3 nitrogen and oxygen atoms in total.